The first-order valence-corrected chi connectivity index (χ1v) is 7.07. The van der Waals surface area contributed by atoms with Crippen LogP contribution in [0.5, 0.6) is 0 Å². The third-order valence-electron chi connectivity index (χ3n) is 2.57. The number of nitrogens with one attached hydrogen (secondary N) is 1. The maximum atomic E-state index is 4.11. The number of aryl methyl sites for hydroxylation is 1. The van der Waals surface area contributed by atoms with Gasteiger partial charge in [-0.1, -0.05) is 0 Å². The fourth-order valence-corrected chi connectivity index (χ4v) is 3.19. The van der Waals surface area contributed by atoms with E-state index in [1.54, 1.807) is 11.3 Å². The first kappa shape index (κ1) is 11.8. The van der Waals surface area contributed by atoms with Gasteiger partial charge in [0.25, 0.3) is 0 Å². The molecule has 86 valence electrons. The Morgan fingerprint density at radius 2 is 1.94 bits per heavy atom. The van der Waals surface area contributed by atoms with Gasteiger partial charge < -0.3 is 5.32 Å². The second kappa shape index (κ2) is 5.08. The molecule has 2 nitrogen and oxygen atoms in total. The van der Waals surface area contributed by atoms with E-state index in [-0.39, 0.29) is 0 Å². The van der Waals surface area contributed by atoms with Crippen LogP contribution >= 0.6 is 22.7 Å². The molecule has 0 aliphatic heterocycles. The highest BCUT2D eigenvalue weighted by atomic mass is 32.1. The summed E-state index contributed by atoms with van der Waals surface area (Å²) in [5.41, 5.74) is 1.88. The van der Waals surface area contributed by atoms with Crippen molar-refractivity contribution in [2.75, 3.05) is 0 Å². The van der Waals surface area contributed by atoms with Crippen LogP contribution in [-0.2, 0) is 0 Å². The van der Waals surface area contributed by atoms with E-state index in [0.29, 0.717) is 12.1 Å². The van der Waals surface area contributed by atoms with Crippen molar-refractivity contribution < 1.29 is 0 Å². The molecule has 2 aromatic rings. The molecular formula is C12H16N2S2. The lowest BCUT2D eigenvalue weighted by Gasteiger charge is -2.17. The fourth-order valence-electron chi connectivity index (χ4n) is 1.66. The zero-order valence-corrected chi connectivity index (χ0v) is 11.4. The summed E-state index contributed by atoms with van der Waals surface area (Å²) in [5, 5.41) is 3.59. The summed E-state index contributed by atoms with van der Waals surface area (Å²) >= 11 is 3.56. The van der Waals surface area contributed by atoms with Gasteiger partial charge in [0.2, 0.25) is 0 Å². The van der Waals surface area contributed by atoms with Crippen LogP contribution in [0.1, 0.15) is 40.6 Å². The van der Waals surface area contributed by atoms with Gasteiger partial charge >= 0.3 is 0 Å². The highest BCUT2D eigenvalue weighted by Crippen LogP contribution is 2.26. The Labute approximate surface area is 104 Å². The van der Waals surface area contributed by atoms with Crippen molar-refractivity contribution in [1.82, 2.24) is 10.3 Å². The van der Waals surface area contributed by atoms with Gasteiger partial charge in [-0.25, -0.2) is 0 Å². The zero-order valence-electron chi connectivity index (χ0n) is 9.73. The summed E-state index contributed by atoms with van der Waals surface area (Å²) in [7, 11) is 0. The number of nitrogens with zero attached hydrogens (tertiary/aromatic N) is 1. The molecule has 0 bridgehead atoms. The maximum Gasteiger partial charge on any atom is 0.0794 e. The monoisotopic (exact) mass is 252 g/mol. The molecule has 0 amide bonds. The van der Waals surface area contributed by atoms with Crippen LogP contribution in [0.2, 0.25) is 0 Å². The van der Waals surface area contributed by atoms with Crippen molar-refractivity contribution in [3.63, 3.8) is 0 Å². The molecule has 0 spiro atoms. The second-order valence-corrected chi connectivity index (χ2v) is 6.20. The predicted molar refractivity (Wildman–Crippen MR) is 71.1 cm³/mol. The molecule has 0 aliphatic carbocycles. The van der Waals surface area contributed by atoms with Crippen molar-refractivity contribution in [2.24, 2.45) is 0 Å². The quantitative estimate of drug-likeness (QED) is 0.892. The molecule has 2 heterocycles. The van der Waals surface area contributed by atoms with Gasteiger partial charge in [0.1, 0.15) is 0 Å². The van der Waals surface area contributed by atoms with E-state index in [1.165, 1.54) is 14.6 Å². The molecule has 2 aromatic heterocycles. The molecule has 0 radical (unpaired) electrons. The van der Waals surface area contributed by atoms with Crippen LogP contribution in [0.15, 0.2) is 23.8 Å². The summed E-state index contributed by atoms with van der Waals surface area (Å²) in [4.78, 5) is 8.17. The molecule has 2 unspecified atom stereocenters. The van der Waals surface area contributed by atoms with Gasteiger partial charge in [-0.05, 0) is 32.9 Å². The molecule has 0 aliphatic rings. The lowest BCUT2D eigenvalue weighted by atomic mass is 10.2. The Kier molecular flexibility index (Phi) is 3.74. The molecule has 4 heteroatoms. The minimum Gasteiger partial charge on any atom is -0.302 e. The second-order valence-electron chi connectivity index (χ2n) is 3.96. The van der Waals surface area contributed by atoms with Crippen molar-refractivity contribution in [2.45, 2.75) is 32.9 Å². The molecule has 16 heavy (non-hydrogen) atoms. The molecule has 0 saturated heterocycles. The molecule has 1 N–H and O–H groups in total. The van der Waals surface area contributed by atoms with E-state index in [0.717, 1.165) is 0 Å². The summed E-state index contributed by atoms with van der Waals surface area (Å²) in [5.74, 6) is 0. The highest BCUT2D eigenvalue weighted by Gasteiger charge is 2.13. The average molecular weight is 252 g/mol. The van der Waals surface area contributed by atoms with Gasteiger partial charge in [-0.15, -0.1) is 22.7 Å². The molecule has 2 rings (SSSR count). The molecule has 0 saturated carbocycles. The number of rotatable bonds is 4. The summed E-state index contributed by atoms with van der Waals surface area (Å²) in [6.45, 7) is 6.54. The molecule has 0 fully saturated rings. The Bertz CT molecular complexity index is 434. The van der Waals surface area contributed by atoms with Gasteiger partial charge in [0.15, 0.2) is 0 Å². The minimum absolute atomic E-state index is 0.366. The SMILES string of the molecule is Cc1ccc(C(C)NC(C)c2cncs2)s1. The van der Waals surface area contributed by atoms with Gasteiger partial charge in [-0.2, -0.15) is 0 Å². The number of thiazole rings is 1. The van der Waals surface area contributed by atoms with Crippen LogP contribution in [0, 0.1) is 6.92 Å². The van der Waals surface area contributed by atoms with Gasteiger partial charge in [-0.3, -0.25) is 4.98 Å². The molecule has 2 atom stereocenters. The van der Waals surface area contributed by atoms with E-state index >= 15 is 0 Å². The zero-order chi connectivity index (χ0) is 11.5. The average Bonchev–Trinajstić information content (AvgIpc) is 2.87. The van der Waals surface area contributed by atoms with Crippen LogP contribution in [0.4, 0.5) is 0 Å². The Morgan fingerprint density at radius 3 is 2.50 bits per heavy atom. The normalized spacial score (nSPS) is 14.9. The smallest absolute Gasteiger partial charge is 0.0794 e. The Balaban J connectivity index is 2.00. The van der Waals surface area contributed by atoms with Crippen molar-refractivity contribution in [3.05, 3.63) is 38.5 Å². The minimum atomic E-state index is 0.366. The third-order valence-corrected chi connectivity index (χ3v) is 4.71. The Hall–Kier alpha value is -0.710. The number of thiophene rings is 1. The van der Waals surface area contributed by atoms with Gasteiger partial charge in [0, 0.05) is 32.9 Å². The summed E-state index contributed by atoms with van der Waals surface area (Å²) < 4.78 is 0. The lowest BCUT2D eigenvalue weighted by molar-refractivity contribution is 0.505. The van der Waals surface area contributed by atoms with E-state index in [2.05, 4.69) is 43.2 Å². The van der Waals surface area contributed by atoms with E-state index in [1.807, 2.05) is 23.0 Å². The largest absolute Gasteiger partial charge is 0.302 e. The van der Waals surface area contributed by atoms with Crippen LogP contribution in [0.25, 0.3) is 0 Å². The van der Waals surface area contributed by atoms with Crippen LogP contribution in [-0.4, -0.2) is 4.98 Å². The fraction of sp³-hybridized carbons (Fsp3) is 0.417. The lowest BCUT2D eigenvalue weighted by Crippen LogP contribution is -2.21. The standard InChI is InChI=1S/C12H16N2S2/c1-8-4-5-11(16-8)9(2)14-10(3)12-6-13-7-15-12/h4-7,9-10,14H,1-3H3. The maximum absolute atomic E-state index is 4.11. The number of hydrogen-bond acceptors (Lipinski definition) is 4. The van der Waals surface area contributed by atoms with E-state index in [9.17, 15) is 0 Å². The van der Waals surface area contributed by atoms with Crippen molar-refractivity contribution in [3.8, 4) is 0 Å². The number of aromatic nitrogens is 1. The molecular weight excluding hydrogens is 236 g/mol. The molecule has 0 aromatic carbocycles. The topological polar surface area (TPSA) is 24.9 Å². The summed E-state index contributed by atoms with van der Waals surface area (Å²) in [6, 6.07) is 5.15. The van der Waals surface area contributed by atoms with E-state index < -0.39 is 0 Å². The third kappa shape index (κ3) is 2.70. The Morgan fingerprint density at radius 1 is 1.19 bits per heavy atom. The predicted octanol–water partition coefficient (Wildman–Crippen LogP) is 3.92. The highest BCUT2D eigenvalue weighted by molar-refractivity contribution is 7.12. The number of hydrogen-bond donors (Lipinski definition) is 1. The van der Waals surface area contributed by atoms with Crippen LogP contribution < -0.4 is 5.32 Å². The van der Waals surface area contributed by atoms with Crippen LogP contribution in [0.3, 0.4) is 0 Å². The van der Waals surface area contributed by atoms with Crippen molar-refractivity contribution >= 4 is 22.7 Å². The van der Waals surface area contributed by atoms with Gasteiger partial charge in [0.05, 0.1) is 5.51 Å². The summed E-state index contributed by atoms with van der Waals surface area (Å²) in [6.07, 6.45) is 1.94. The van der Waals surface area contributed by atoms with E-state index in [4.69, 9.17) is 0 Å². The first-order valence-electron chi connectivity index (χ1n) is 5.37. The van der Waals surface area contributed by atoms with Crippen molar-refractivity contribution in [1.29, 1.82) is 0 Å². The first-order chi connectivity index (χ1) is 7.66.